The van der Waals surface area contributed by atoms with Crippen LogP contribution in [0.15, 0.2) is 24.3 Å². The van der Waals surface area contributed by atoms with Crippen molar-refractivity contribution in [3.8, 4) is 0 Å². The number of hydrogen-bond acceptors (Lipinski definition) is 3. The summed E-state index contributed by atoms with van der Waals surface area (Å²) in [5, 5.41) is 0. The molecule has 0 atom stereocenters. The third kappa shape index (κ3) is 3.05. The van der Waals surface area contributed by atoms with Gasteiger partial charge in [-0.3, -0.25) is 4.90 Å². The molecule has 0 spiro atoms. The van der Waals surface area contributed by atoms with E-state index in [1.54, 1.807) is 0 Å². The summed E-state index contributed by atoms with van der Waals surface area (Å²) in [7, 11) is 0. The molecule has 1 aromatic carbocycles. The highest BCUT2D eigenvalue weighted by atomic mass is 16.5. The number of nitrogens with zero attached hydrogens (tertiary/aromatic N) is 1. The molecule has 20 heavy (non-hydrogen) atoms. The Morgan fingerprint density at radius 3 is 2.50 bits per heavy atom. The zero-order valence-corrected chi connectivity index (χ0v) is 12.3. The van der Waals surface area contributed by atoms with Crippen LogP contribution >= 0.6 is 0 Å². The summed E-state index contributed by atoms with van der Waals surface area (Å²) in [5.74, 6) is 0. The SMILES string of the molecule is NC1(c2ccccc2CN2CCOCC2)CCCCC1. The third-order valence-corrected chi connectivity index (χ3v) is 4.80. The van der Waals surface area contributed by atoms with Crippen molar-refractivity contribution in [1.29, 1.82) is 0 Å². The summed E-state index contributed by atoms with van der Waals surface area (Å²) < 4.78 is 5.44. The minimum Gasteiger partial charge on any atom is -0.379 e. The van der Waals surface area contributed by atoms with Gasteiger partial charge in [-0.15, -0.1) is 0 Å². The first-order chi connectivity index (χ1) is 9.78. The topological polar surface area (TPSA) is 38.5 Å². The number of benzene rings is 1. The van der Waals surface area contributed by atoms with E-state index in [0.717, 1.165) is 45.7 Å². The van der Waals surface area contributed by atoms with Crippen LogP contribution in [0.4, 0.5) is 0 Å². The summed E-state index contributed by atoms with van der Waals surface area (Å²) in [5.41, 5.74) is 9.44. The van der Waals surface area contributed by atoms with E-state index in [1.165, 1.54) is 30.4 Å². The van der Waals surface area contributed by atoms with Crippen LogP contribution in [-0.4, -0.2) is 31.2 Å². The molecule has 1 saturated carbocycles. The molecule has 3 nitrogen and oxygen atoms in total. The summed E-state index contributed by atoms with van der Waals surface area (Å²) >= 11 is 0. The molecule has 0 amide bonds. The molecular formula is C17H26N2O. The first-order valence-corrected chi connectivity index (χ1v) is 7.95. The van der Waals surface area contributed by atoms with Gasteiger partial charge in [-0.1, -0.05) is 43.5 Å². The average Bonchev–Trinajstić information content (AvgIpc) is 2.49. The van der Waals surface area contributed by atoms with Crippen molar-refractivity contribution >= 4 is 0 Å². The largest absolute Gasteiger partial charge is 0.379 e. The van der Waals surface area contributed by atoms with Crippen molar-refractivity contribution < 1.29 is 4.74 Å². The standard InChI is InChI=1S/C17H26N2O/c18-17(8-4-1-5-9-17)16-7-3-2-6-15(16)14-19-10-12-20-13-11-19/h2-3,6-7H,1,4-5,8-14,18H2. The van der Waals surface area contributed by atoms with Gasteiger partial charge in [-0.2, -0.15) is 0 Å². The number of hydrogen-bond donors (Lipinski definition) is 1. The van der Waals surface area contributed by atoms with Gasteiger partial charge in [0.1, 0.15) is 0 Å². The molecule has 0 bridgehead atoms. The minimum absolute atomic E-state index is 0.0961. The van der Waals surface area contributed by atoms with Crippen molar-refractivity contribution in [3.63, 3.8) is 0 Å². The number of rotatable bonds is 3. The van der Waals surface area contributed by atoms with Crippen LogP contribution in [0.3, 0.4) is 0 Å². The molecule has 1 aromatic rings. The van der Waals surface area contributed by atoms with Crippen LogP contribution in [0.25, 0.3) is 0 Å². The summed E-state index contributed by atoms with van der Waals surface area (Å²) in [6.45, 7) is 4.79. The molecule has 1 aliphatic heterocycles. The number of ether oxygens (including phenoxy) is 1. The third-order valence-electron chi connectivity index (χ3n) is 4.80. The minimum atomic E-state index is -0.0961. The van der Waals surface area contributed by atoms with Gasteiger partial charge >= 0.3 is 0 Å². The van der Waals surface area contributed by atoms with Crippen molar-refractivity contribution in [2.75, 3.05) is 26.3 Å². The Morgan fingerprint density at radius 2 is 1.75 bits per heavy atom. The Kier molecular flexibility index (Phi) is 4.39. The maximum absolute atomic E-state index is 6.74. The van der Waals surface area contributed by atoms with Gasteiger partial charge < -0.3 is 10.5 Å². The molecule has 3 heteroatoms. The first kappa shape index (κ1) is 14.1. The van der Waals surface area contributed by atoms with Crippen LogP contribution in [0, 0.1) is 0 Å². The summed E-state index contributed by atoms with van der Waals surface area (Å²) in [6, 6.07) is 8.79. The highest BCUT2D eigenvalue weighted by molar-refractivity contribution is 5.34. The molecular weight excluding hydrogens is 248 g/mol. The van der Waals surface area contributed by atoms with E-state index in [2.05, 4.69) is 29.2 Å². The van der Waals surface area contributed by atoms with E-state index in [4.69, 9.17) is 10.5 Å². The second-order valence-electron chi connectivity index (χ2n) is 6.26. The smallest absolute Gasteiger partial charge is 0.0594 e. The second-order valence-corrected chi connectivity index (χ2v) is 6.26. The quantitative estimate of drug-likeness (QED) is 0.921. The molecule has 3 rings (SSSR count). The van der Waals surface area contributed by atoms with Gasteiger partial charge in [-0.05, 0) is 24.0 Å². The van der Waals surface area contributed by atoms with Gasteiger partial charge in [0.15, 0.2) is 0 Å². The molecule has 1 saturated heterocycles. The van der Waals surface area contributed by atoms with Crippen molar-refractivity contribution in [3.05, 3.63) is 35.4 Å². The van der Waals surface area contributed by atoms with Crippen LogP contribution < -0.4 is 5.73 Å². The highest BCUT2D eigenvalue weighted by Crippen LogP contribution is 2.36. The Labute approximate surface area is 122 Å². The zero-order chi connectivity index (χ0) is 13.8. The van der Waals surface area contributed by atoms with E-state index in [0.29, 0.717) is 0 Å². The summed E-state index contributed by atoms with van der Waals surface area (Å²) in [4.78, 5) is 2.48. The second kappa shape index (κ2) is 6.25. The predicted octanol–water partition coefficient (Wildman–Crippen LogP) is 2.64. The first-order valence-electron chi connectivity index (χ1n) is 7.95. The van der Waals surface area contributed by atoms with Gasteiger partial charge in [0.2, 0.25) is 0 Å². The Bertz CT molecular complexity index is 434. The van der Waals surface area contributed by atoms with Crippen molar-refractivity contribution in [1.82, 2.24) is 4.90 Å². The summed E-state index contributed by atoms with van der Waals surface area (Å²) in [6.07, 6.45) is 6.13. The van der Waals surface area contributed by atoms with Crippen LogP contribution in [0.5, 0.6) is 0 Å². The molecule has 0 unspecified atom stereocenters. The van der Waals surface area contributed by atoms with Gasteiger partial charge in [-0.25, -0.2) is 0 Å². The lowest BCUT2D eigenvalue weighted by atomic mass is 9.76. The molecule has 2 N–H and O–H groups in total. The molecule has 0 aromatic heterocycles. The fourth-order valence-electron chi connectivity index (χ4n) is 3.60. The number of nitrogens with two attached hydrogens (primary N) is 1. The maximum atomic E-state index is 6.74. The lowest BCUT2D eigenvalue weighted by Gasteiger charge is -2.36. The fourth-order valence-corrected chi connectivity index (χ4v) is 3.60. The van der Waals surface area contributed by atoms with E-state index in [1.807, 2.05) is 0 Å². The molecule has 2 aliphatic rings. The van der Waals surface area contributed by atoms with Crippen LogP contribution in [0.1, 0.15) is 43.2 Å². The monoisotopic (exact) mass is 274 g/mol. The van der Waals surface area contributed by atoms with Gasteiger partial charge in [0.05, 0.1) is 13.2 Å². The molecule has 1 aliphatic carbocycles. The predicted molar refractivity (Wildman–Crippen MR) is 81.5 cm³/mol. The van der Waals surface area contributed by atoms with Gasteiger partial charge in [0.25, 0.3) is 0 Å². The highest BCUT2D eigenvalue weighted by Gasteiger charge is 2.31. The normalized spacial score (nSPS) is 23.6. The zero-order valence-electron chi connectivity index (χ0n) is 12.3. The van der Waals surface area contributed by atoms with Crippen LogP contribution in [-0.2, 0) is 16.8 Å². The lowest BCUT2D eigenvalue weighted by molar-refractivity contribution is 0.0339. The Balaban J connectivity index is 1.80. The maximum Gasteiger partial charge on any atom is 0.0594 e. The lowest BCUT2D eigenvalue weighted by Crippen LogP contribution is -2.41. The van der Waals surface area contributed by atoms with E-state index in [9.17, 15) is 0 Å². The molecule has 0 radical (unpaired) electrons. The number of morpholine rings is 1. The molecule has 110 valence electrons. The fraction of sp³-hybridized carbons (Fsp3) is 0.647. The Morgan fingerprint density at radius 1 is 1.05 bits per heavy atom. The average molecular weight is 274 g/mol. The van der Waals surface area contributed by atoms with Crippen molar-refractivity contribution in [2.45, 2.75) is 44.2 Å². The van der Waals surface area contributed by atoms with Crippen LogP contribution in [0.2, 0.25) is 0 Å². The van der Waals surface area contributed by atoms with E-state index < -0.39 is 0 Å². The van der Waals surface area contributed by atoms with E-state index >= 15 is 0 Å². The van der Waals surface area contributed by atoms with Crippen molar-refractivity contribution in [2.24, 2.45) is 5.73 Å². The molecule has 1 heterocycles. The van der Waals surface area contributed by atoms with Gasteiger partial charge in [0, 0.05) is 25.2 Å². The molecule has 2 fully saturated rings. The Hall–Kier alpha value is -0.900. The van der Waals surface area contributed by atoms with E-state index in [-0.39, 0.29) is 5.54 Å².